The predicted molar refractivity (Wildman–Crippen MR) is 110 cm³/mol. The number of hydrogen-bond acceptors (Lipinski definition) is 4. The molecule has 0 fully saturated rings. The van der Waals surface area contributed by atoms with Gasteiger partial charge >= 0.3 is 11.9 Å². The molecule has 0 aromatic carbocycles. The molecule has 0 rings (SSSR count). The van der Waals surface area contributed by atoms with Gasteiger partial charge in [-0.25, -0.2) is 9.59 Å². The van der Waals surface area contributed by atoms with E-state index in [4.69, 9.17) is 0 Å². The van der Waals surface area contributed by atoms with Crippen LogP contribution < -0.4 is 5.11 Å². The van der Waals surface area contributed by atoms with Crippen LogP contribution in [0, 0.1) is 0 Å². The summed E-state index contributed by atoms with van der Waals surface area (Å²) in [5.41, 5.74) is 0. The molecule has 0 radical (unpaired) electrons. The normalized spacial score (nSPS) is 16.8. The number of rotatable bonds is 17. The highest BCUT2D eigenvalue weighted by Gasteiger charge is 2.50. The van der Waals surface area contributed by atoms with Crippen molar-refractivity contribution in [3.05, 3.63) is 12.2 Å². The van der Waals surface area contributed by atoms with Gasteiger partial charge in [0.05, 0.1) is 12.5 Å². The molecular weight excluding hydrogens is 374 g/mol. The van der Waals surface area contributed by atoms with Gasteiger partial charge in [-0.1, -0.05) is 44.8 Å². The van der Waals surface area contributed by atoms with E-state index < -0.39 is 40.5 Å². The molecule has 168 valence electrons. The van der Waals surface area contributed by atoms with E-state index in [0.29, 0.717) is 6.42 Å². The molecule has 0 saturated carbocycles. The lowest BCUT2D eigenvalue weighted by atomic mass is 10.00. The van der Waals surface area contributed by atoms with Gasteiger partial charge in [-0.05, 0) is 52.9 Å². The second-order valence-electron chi connectivity index (χ2n) is 7.89. The number of carboxylic acid groups (broad SMARTS) is 3. The zero-order chi connectivity index (χ0) is 22.4. The minimum atomic E-state index is -1.43. The van der Waals surface area contributed by atoms with Crippen molar-refractivity contribution in [2.45, 2.75) is 104 Å². The van der Waals surface area contributed by atoms with Crippen molar-refractivity contribution < 1.29 is 34.2 Å². The van der Waals surface area contributed by atoms with Gasteiger partial charge in [-0.2, -0.15) is 0 Å². The SMILES string of the molecule is CC/C=C/CCCCCCCCC[N+](C(C)C(=O)[O-])(C(C)C(=O)O)C(C)C(=O)O. The average Bonchev–Trinajstić information content (AvgIpc) is 2.67. The largest absolute Gasteiger partial charge is 0.544 e. The Labute approximate surface area is 175 Å². The van der Waals surface area contributed by atoms with E-state index in [1.54, 1.807) is 0 Å². The number of quaternary nitrogens is 1. The average molecular weight is 414 g/mol. The third-order valence-electron chi connectivity index (χ3n) is 6.04. The van der Waals surface area contributed by atoms with Crippen LogP contribution in [0.3, 0.4) is 0 Å². The first-order chi connectivity index (χ1) is 13.6. The number of aliphatic carboxylic acids is 3. The molecule has 0 amide bonds. The van der Waals surface area contributed by atoms with E-state index in [-0.39, 0.29) is 6.54 Å². The number of unbranched alkanes of at least 4 members (excludes halogenated alkanes) is 7. The highest BCUT2D eigenvalue weighted by Crippen LogP contribution is 2.27. The molecule has 0 bridgehead atoms. The Kier molecular flexibility index (Phi) is 13.2. The van der Waals surface area contributed by atoms with E-state index >= 15 is 0 Å². The standard InChI is InChI=1S/C22H39NO6/c1-5-6-7-8-9-10-11-12-13-14-15-16-23(17(2)20(24)25,18(3)21(26)27)19(4)22(28)29/h6-7,17-19H,5,8-16H2,1-4H3,(H2-,24,25,26,27,28,29)/b7-6+. The first kappa shape index (κ1) is 27.1. The first-order valence-corrected chi connectivity index (χ1v) is 10.8. The molecule has 0 heterocycles. The second kappa shape index (κ2) is 14.1. The Morgan fingerprint density at radius 3 is 1.66 bits per heavy atom. The van der Waals surface area contributed by atoms with Gasteiger partial charge in [0, 0.05) is 0 Å². The number of carbonyl (C=O) groups excluding carboxylic acids is 1. The summed E-state index contributed by atoms with van der Waals surface area (Å²) in [4.78, 5) is 34.9. The fraction of sp³-hybridized carbons (Fsp3) is 0.773. The summed E-state index contributed by atoms with van der Waals surface area (Å²) < 4.78 is -0.545. The second-order valence-corrected chi connectivity index (χ2v) is 7.89. The molecule has 3 unspecified atom stereocenters. The van der Waals surface area contributed by atoms with Crippen LogP contribution in [-0.4, -0.2) is 57.3 Å². The summed E-state index contributed by atoms with van der Waals surface area (Å²) >= 11 is 0. The van der Waals surface area contributed by atoms with Gasteiger partial charge in [0.2, 0.25) is 0 Å². The Morgan fingerprint density at radius 2 is 1.24 bits per heavy atom. The molecule has 0 aromatic heterocycles. The van der Waals surface area contributed by atoms with Gasteiger partial charge in [0.25, 0.3) is 0 Å². The molecule has 3 atom stereocenters. The van der Waals surface area contributed by atoms with Gasteiger partial charge in [0.15, 0.2) is 12.1 Å². The molecule has 2 N–H and O–H groups in total. The monoisotopic (exact) mass is 413 g/mol. The lowest BCUT2D eigenvalue weighted by Gasteiger charge is -2.49. The summed E-state index contributed by atoms with van der Waals surface area (Å²) in [5.74, 6) is -3.84. The smallest absolute Gasteiger partial charge is 0.362 e. The molecular formula is C22H39NO6. The maximum Gasteiger partial charge on any atom is 0.362 e. The van der Waals surface area contributed by atoms with E-state index in [2.05, 4.69) is 19.1 Å². The van der Waals surface area contributed by atoms with Crippen molar-refractivity contribution in [3.8, 4) is 0 Å². The number of allylic oxidation sites excluding steroid dienone is 2. The van der Waals surface area contributed by atoms with Crippen molar-refractivity contribution in [2.75, 3.05) is 6.54 Å². The van der Waals surface area contributed by atoms with E-state index in [1.165, 1.54) is 33.6 Å². The van der Waals surface area contributed by atoms with E-state index in [1.807, 2.05) is 0 Å². The highest BCUT2D eigenvalue weighted by atomic mass is 16.4. The van der Waals surface area contributed by atoms with Crippen LogP contribution in [0.1, 0.15) is 85.5 Å². The fourth-order valence-electron chi connectivity index (χ4n) is 4.01. The van der Waals surface area contributed by atoms with E-state index in [0.717, 1.165) is 38.5 Å². The Morgan fingerprint density at radius 1 is 0.793 bits per heavy atom. The molecule has 0 saturated heterocycles. The third kappa shape index (κ3) is 8.56. The lowest BCUT2D eigenvalue weighted by molar-refractivity contribution is -0.969. The maximum atomic E-state index is 11.7. The van der Waals surface area contributed by atoms with Crippen LogP contribution in [0.25, 0.3) is 0 Å². The maximum absolute atomic E-state index is 11.7. The van der Waals surface area contributed by atoms with E-state index in [9.17, 15) is 29.7 Å². The van der Waals surface area contributed by atoms with Crippen molar-refractivity contribution in [1.29, 1.82) is 0 Å². The van der Waals surface area contributed by atoms with Crippen molar-refractivity contribution in [1.82, 2.24) is 0 Å². The Balaban J connectivity index is 4.82. The molecule has 0 aromatic rings. The van der Waals surface area contributed by atoms with Gasteiger partial charge < -0.3 is 20.1 Å². The van der Waals surface area contributed by atoms with Gasteiger partial charge in [-0.15, -0.1) is 0 Å². The van der Waals surface area contributed by atoms with Crippen LogP contribution in [0.2, 0.25) is 0 Å². The van der Waals surface area contributed by atoms with Crippen LogP contribution in [0.5, 0.6) is 0 Å². The predicted octanol–water partition coefficient (Wildman–Crippen LogP) is 2.97. The Bertz CT molecular complexity index is 495. The number of carboxylic acids is 3. The van der Waals surface area contributed by atoms with Crippen LogP contribution in [-0.2, 0) is 14.4 Å². The Hall–Kier alpha value is -1.89. The van der Waals surface area contributed by atoms with Gasteiger partial charge in [0.1, 0.15) is 6.04 Å². The molecule has 7 nitrogen and oxygen atoms in total. The quantitative estimate of drug-likeness (QED) is 0.215. The zero-order valence-corrected chi connectivity index (χ0v) is 18.4. The minimum absolute atomic E-state index is 0.178. The number of nitrogens with zero attached hydrogens (tertiary/aromatic N) is 1. The van der Waals surface area contributed by atoms with Crippen LogP contribution >= 0.6 is 0 Å². The fourth-order valence-corrected chi connectivity index (χ4v) is 4.01. The molecule has 0 aliphatic rings. The molecule has 0 aliphatic heterocycles. The molecule has 7 heteroatoms. The first-order valence-electron chi connectivity index (χ1n) is 10.8. The zero-order valence-electron chi connectivity index (χ0n) is 18.4. The summed E-state index contributed by atoms with van der Waals surface area (Å²) in [7, 11) is 0. The van der Waals surface area contributed by atoms with Crippen LogP contribution in [0.15, 0.2) is 12.2 Å². The third-order valence-corrected chi connectivity index (χ3v) is 6.04. The van der Waals surface area contributed by atoms with Crippen molar-refractivity contribution in [2.24, 2.45) is 0 Å². The lowest BCUT2D eigenvalue weighted by Crippen LogP contribution is -2.72. The molecule has 0 spiro atoms. The molecule has 29 heavy (non-hydrogen) atoms. The molecule has 0 aliphatic carbocycles. The summed E-state index contributed by atoms with van der Waals surface area (Å²) in [6.45, 7) is 6.41. The topological polar surface area (TPSA) is 115 Å². The van der Waals surface area contributed by atoms with Crippen molar-refractivity contribution >= 4 is 17.9 Å². The van der Waals surface area contributed by atoms with Crippen molar-refractivity contribution in [3.63, 3.8) is 0 Å². The summed E-state index contributed by atoms with van der Waals surface area (Å²) in [6.07, 6.45) is 13.5. The number of hydrogen-bond donors (Lipinski definition) is 2. The minimum Gasteiger partial charge on any atom is -0.544 e. The van der Waals surface area contributed by atoms with Gasteiger partial charge in [-0.3, -0.25) is 4.48 Å². The number of carbonyl (C=O) groups is 3. The summed E-state index contributed by atoms with van der Waals surface area (Å²) in [6, 6.07) is -3.56. The van der Waals surface area contributed by atoms with Crippen LogP contribution in [0.4, 0.5) is 0 Å². The highest BCUT2D eigenvalue weighted by molar-refractivity contribution is 5.76. The summed E-state index contributed by atoms with van der Waals surface area (Å²) in [5, 5.41) is 30.6.